The molecular formula is C12H16FNO4S2. The minimum atomic E-state index is -3.75. The molecule has 8 heteroatoms. The third kappa shape index (κ3) is 5.38. The van der Waals surface area contributed by atoms with Crippen LogP contribution in [0.2, 0.25) is 0 Å². The van der Waals surface area contributed by atoms with Gasteiger partial charge in [-0.05, 0) is 37.1 Å². The molecule has 1 aromatic carbocycles. The molecule has 0 bridgehead atoms. The van der Waals surface area contributed by atoms with Crippen LogP contribution in [0.4, 0.5) is 4.39 Å². The lowest BCUT2D eigenvalue weighted by Crippen LogP contribution is -2.32. The molecule has 0 heterocycles. The Balaban J connectivity index is 2.68. The monoisotopic (exact) mass is 321 g/mol. The number of hydrogen-bond donors (Lipinski definition) is 1. The molecule has 0 saturated carbocycles. The van der Waals surface area contributed by atoms with Gasteiger partial charge in [-0.1, -0.05) is 0 Å². The predicted molar refractivity (Wildman–Crippen MR) is 75.2 cm³/mol. The van der Waals surface area contributed by atoms with Gasteiger partial charge in [0.15, 0.2) is 0 Å². The van der Waals surface area contributed by atoms with E-state index in [0.717, 1.165) is 0 Å². The van der Waals surface area contributed by atoms with Crippen molar-refractivity contribution >= 4 is 26.7 Å². The Morgan fingerprint density at radius 2 is 1.85 bits per heavy atom. The third-order valence-electron chi connectivity index (χ3n) is 2.49. The Hall–Kier alpha value is -1.28. The van der Waals surface area contributed by atoms with Crippen molar-refractivity contribution < 1.29 is 21.8 Å². The molecule has 20 heavy (non-hydrogen) atoms. The Morgan fingerprint density at radius 3 is 2.35 bits per heavy atom. The van der Waals surface area contributed by atoms with E-state index < -0.39 is 33.4 Å². The maximum atomic E-state index is 11.9. The molecule has 1 atom stereocenters. The van der Waals surface area contributed by atoms with Crippen molar-refractivity contribution in [3.63, 3.8) is 0 Å². The zero-order chi connectivity index (χ0) is 15.2. The van der Waals surface area contributed by atoms with Crippen molar-refractivity contribution in [1.82, 2.24) is 4.72 Å². The fourth-order valence-electron chi connectivity index (χ4n) is 1.44. The van der Waals surface area contributed by atoms with Gasteiger partial charge in [0.1, 0.15) is 0 Å². The number of sulfonamides is 1. The summed E-state index contributed by atoms with van der Waals surface area (Å²) in [6.07, 6.45) is 1.81. The molecule has 0 radical (unpaired) electrons. The largest absolute Gasteiger partial charge is 0.268 e. The third-order valence-corrected chi connectivity index (χ3v) is 4.75. The number of unbranched alkanes of at least 4 members (excludes halogenated alkanes) is 1. The van der Waals surface area contributed by atoms with Gasteiger partial charge in [-0.2, -0.15) is 0 Å². The summed E-state index contributed by atoms with van der Waals surface area (Å²) in [6.45, 7) is -0.584. The summed E-state index contributed by atoms with van der Waals surface area (Å²) in [5, 5.41) is 0. The lowest BCUT2D eigenvalue weighted by molar-refractivity contribution is 0.0981. The van der Waals surface area contributed by atoms with Gasteiger partial charge < -0.3 is 0 Å². The van der Waals surface area contributed by atoms with Crippen LogP contribution in [0.25, 0.3) is 0 Å². The summed E-state index contributed by atoms with van der Waals surface area (Å²) in [6, 6.07) is 5.81. The van der Waals surface area contributed by atoms with E-state index >= 15 is 0 Å². The minimum absolute atomic E-state index is 0.145. The topological polar surface area (TPSA) is 80.3 Å². The highest BCUT2D eigenvalue weighted by atomic mass is 32.2. The van der Waals surface area contributed by atoms with Crippen LogP contribution < -0.4 is 4.72 Å². The molecule has 112 valence electrons. The Bertz CT molecular complexity index is 584. The highest BCUT2D eigenvalue weighted by molar-refractivity contribution is 7.90. The number of carbonyl (C=O) groups is 1. The van der Waals surface area contributed by atoms with Crippen LogP contribution in [-0.2, 0) is 20.8 Å². The fraction of sp³-hybridized carbons (Fsp3) is 0.417. The quantitative estimate of drug-likeness (QED) is 0.766. The van der Waals surface area contributed by atoms with Crippen molar-refractivity contribution in [3.05, 3.63) is 29.8 Å². The number of benzene rings is 1. The Labute approximate surface area is 120 Å². The van der Waals surface area contributed by atoms with E-state index in [9.17, 15) is 21.8 Å². The second kappa shape index (κ2) is 7.49. The van der Waals surface area contributed by atoms with Crippen LogP contribution >= 0.6 is 0 Å². The van der Waals surface area contributed by atoms with Gasteiger partial charge >= 0.3 is 0 Å². The molecule has 1 aromatic rings. The molecule has 0 fully saturated rings. The summed E-state index contributed by atoms with van der Waals surface area (Å²) in [4.78, 5) is 12.3. The van der Waals surface area contributed by atoms with Crippen LogP contribution in [0.1, 0.15) is 23.2 Å². The van der Waals surface area contributed by atoms with Crippen molar-refractivity contribution in [1.29, 1.82) is 0 Å². The molecule has 5 nitrogen and oxygen atoms in total. The molecule has 0 aliphatic rings. The van der Waals surface area contributed by atoms with Gasteiger partial charge in [0.25, 0.3) is 5.91 Å². The first kappa shape index (κ1) is 16.8. The average Bonchev–Trinajstić information content (AvgIpc) is 2.38. The molecule has 1 amide bonds. The highest BCUT2D eigenvalue weighted by Gasteiger charge is 2.15. The highest BCUT2D eigenvalue weighted by Crippen LogP contribution is 2.08. The van der Waals surface area contributed by atoms with E-state index in [4.69, 9.17) is 0 Å². The molecule has 0 saturated heterocycles. The molecule has 0 aromatic heterocycles. The molecule has 1 N–H and O–H groups in total. The zero-order valence-electron chi connectivity index (χ0n) is 11.0. The van der Waals surface area contributed by atoms with Crippen LogP contribution in [0.5, 0.6) is 0 Å². The van der Waals surface area contributed by atoms with Gasteiger partial charge in [0.05, 0.1) is 12.4 Å². The first-order chi connectivity index (χ1) is 9.35. The average molecular weight is 321 g/mol. The second-order valence-corrected chi connectivity index (χ2v) is 7.35. The normalized spacial score (nSPS) is 12.9. The van der Waals surface area contributed by atoms with Crippen LogP contribution in [0.3, 0.4) is 0 Å². The van der Waals surface area contributed by atoms with Crippen molar-refractivity contribution in [2.45, 2.75) is 17.7 Å². The summed E-state index contributed by atoms with van der Waals surface area (Å²) in [5.74, 6) is -1.04. The smallest absolute Gasteiger partial charge is 0.264 e. The first-order valence-corrected chi connectivity index (χ1v) is 9.11. The van der Waals surface area contributed by atoms with Crippen LogP contribution in [-0.4, -0.2) is 37.2 Å². The number of hydrogen-bond acceptors (Lipinski definition) is 4. The number of amides is 1. The molecule has 0 aliphatic carbocycles. The summed E-state index contributed by atoms with van der Waals surface area (Å²) < 4.78 is 48.1. The standard InChI is InChI=1S/C12H16FNO4S2/c1-19(16)11-6-4-10(5-7-11)12(15)14-20(17,18)9-3-2-8-13/h4-7H,2-3,8-9H2,1H3,(H,14,15). The molecule has 1 rings (SSSR count). The number of nitrogens with one attached hydrogen (secondary N) is 1. The summed E-state index contributed by atoms with van der Waals surface area (Å²) in [5.41, 5.74) is 0.160. The van der Waals surface area contributed by atoms with Gasteiger partial charge in [-0.25, -0.2) is 13.1 Å². The predicted octanol–water partition coefficient (Wildman–Crippen LogP) is 1.23. The number of halogens is 1. The second-order valence-electron chi connectivity index (χ2n) is 4.12. The van der Waals surface area contributed by atoms with Crippen LogP contribution in [0.15, 0.2) is 29.2 Å². The van der Waals surface area contributed by atoms with Crippen molar-refractivity contribution in [3.8, 4) is 0 Å². The number of carbonyl (C=O) groups excluding carboxylic acids is 1. The fourth-order valence-corrected chi connectivity index (χ4v) is 3.04. The molecule has 0 spiro atoms. The van der Waals surface area contributed by atoms with Crippen LogP contribution in [0, 0.1) is 0 Å². The van der Waals surface area contributed by atoms with Gasteiger partial charge in [0, 0.05) is 27.5 Å². The Morgan fingerprint density at radius 1 is 1.25 bits per heavy atom. The summed E-state index contributed by atoms with van der Waals surface area (Å²) in [7, 11) is -4.91. The van der Waals surface area contributed by atoms with E-state index in [1.54, 1.807) is 0 Å². The SMILES string of the molecule is CS(=O)c1ccc(C(=O)NS(=O)(=O)CCCCF)cc1. The van der Waals surface area contributed by atoms with E-state index in [2.05, 4.69) is 0 Å². The zero-order valence-corrected chi connectivity index (χ0v) is 12.6. The van der Waals surface area contributed by atoms with Gasteiger partial charge in [-0.15, -0.1) is 0 Å². The maximum absolute atomic E-state index is 11.9. The molecule has 1 unspecified atom stereocenters. The lowest BCUT2D eigenvalue weighted by atomic mass is 10.2. The van der Waals surface area contributed by atoms with Gasteiger partial charge in [-0.3, -0.25) is 13.4 Å². The minimum Gasteiger partial charge on any atom is -0.268 e. The Kier molecular flexibility index (Phi) is 6.28. The molecule has 0 aliphatic heterocycles. The van der Waals surface area contributed by atoms with Gasteiger partial charge in [0.2, 0.25) is 10.0 Å². The molecular weight excluding hydrogens is 305 g/mol. The van der Waals surface area contributed by atoms with E-state index in [-0.39, 0.29) is 24.2 Å². The maximum Gasteiger partial charge on any atom is 0.264 e. The van der Waals surface area contributed by atoms with Crippen molar-refractivity contribution in [2.24, 2.45) is 0 Å². The van der Waals surface area contributed by atoms with Crippen molar-refractivity contribution in [2.75, 3.05) is 18.7 Å². The van der Waals surface area contributed by atoms with E-state index in [0.29, 0.717) is 4.90 Å². The summed E-state index contributed by atoms with van der Waals surface area (Å²) >= 11 is 0. The van der Waals surface area contributed by atoms with E-state index in [1.165, 1.54) is 30.5 Å². The number of rotatable bonds is 7. The lowest BCUT2D eigenvalue weighted by Gasteiger charge is -2.06. The first-order valence-electron chi connectivity index (χ1n) is 5.90. The van der Waals surface area contributed by atoms with E-state index in [1.807, 2.05) is 4.72 Å². The number of alkyl halides is 1.